The van der Waals surface area contributed by atoms with Gasteiger partial charge in [0.15, 0.2) is 0 Å². The van der Waals surface area contributed by atoms with Gasteiger partial charge < -0.3 is 45.0 Å². The van der Waals surface area contributed by atoms with E-state index in [1.807, 2.05) is 20.8 Å². The summed E-state index contributed by atoms with van der Waals surface area (Å²) in [6.45, 7) is 36.7. The van der Waals surface area contributed by atoms with Gasteiger partial charge in [-0.2, -0.15) is 9.98 Å². The summed E-state index contributed by atoms with van der Waals surface area (Å²) in [5.74, 6) is 5.40. The monoisotopic (exact) mass is 1280 g/mol. The van der Waals surface area contributed by atoms with Gasteiger partial charge in [-0.05, 0) is 251 Å². The van der Waals surface area contributed by atoms with Gasteiger partial charge in [0, 0.05) is 61.7 Å². The molecule has 0 bridgehead atoms. The molecule has 6 aliphatic carbocycles. The average Bonchev–Trinajstić information content (AvgIpc) is 3.55. The zero-order valence-corrected chi connectivity index (χ0v) is 58.1. The number of aliphatic imine (C=N–C) groups is 2. The molecule has 3 heterocycles. The van der Waals surface area contributed by atoms with Gasteiger partial charge in [-0.3, -0.25) is 24.2 Å². The Morgan fingerprint density at radius 3 is 1.11 bits per heavy atom. The number of carbonyl (C=O) groups is 3. The number of quaternary nitrogens is 1. The molecule has 0 unspecified atom stereocenters. The minimum absolute atomic E-state index is 0. The summed E-state index contributed by atoms with van der Waals surface area (Å²) in [5, 5.41) is 8.88. The van der Waals surface area contributed by atoms with Crippen molar-refractivity contribution in [3.05, 3.63) is 0 Å². The first-order chi connectivity index (χ1) is 38.3. The fourth-order valence-corrected chi connectivity index (χ4v) is 13.7. The molecule has 9 aliphatic rings. The predicted octanol–water partition coefficient (Wildman–Crippen LogP) is 11.6. The molecule has 0 spiro atoms. The van der Waals surface area contributed by atoms with Crippen LogP contribution in [0.3, 0.4) is 0 Å². The molecule has 13 nitrogen and oxygen atoms in total. The van der Waals surface area contributed by atoms with Gasteiger partial charge in [-0.25, -0.2) is 9.59 Å². The number of isocyanates is 2. The molecule has 5 N–H and O–H groups in total. The molecule has 0 aromatic heterocycles. The van der Waals surface area contributed by atoms with Crippen molar-refractivity contribution in [3.63, 3.8) is 0 Å². The first kappa shape index (κ1) is 77.2. The second-order valence-electron chi connectivity index (χ2n) is 30.8. The molecule has 9 fully saturated rings. The first-order valence-corrected chi connectivity index (χ1v) is 33.7. The minimum atomic E-state index is -0.621. The Balaban J connectivity index is 0.000000333. The Kier molecular flexibility index (Phi) is 34.0. The number of likely N-dealkylation sites (tertiary alicyclic amines) is 3. The molecule has 482 valence electrons. The summed E-state index contributed by atoms with van der Waals surface area (Å²) < 4.78 is 1.09. The smallest absolute Gasteiger partial charge is 0.309 e. The van der Waals surface area contributed by atoms with Gasteiger partial charge in [-0.15, -0.1) is 0 Å². The minimum Gasteiger partial charge on any atom is -1.00 e. The van der Waals surface area contributed by atoms with Gasteiger partial charge in [-0.1, -0.05) is 41.5 Å². The Morgan fingerprint density at radius 1 is 0.518 bits per heavy atom. The highest BCUT2D eigenvalue weighted by Crippen LogP contribution is 2.41. The zero-order valence-electron chi connectivity index (χ0n) is 56.0. The molecule has 0 radical (unpaired) electrons. The fraction of sp³-hybridized carbons (Fsp3) is 0.928. The van der Waals surface area contributed by atoms with Crippen LogP contribution >= 0.6 is 0 Å². The van der Waals surface area contributed by atoms with E-state index >= 15 is 0 Å². The molecule has 83 heavy (non-hydrogen) atoms. The second kappa shape index (κ2) is 36.5. The number of nitrogens with two attached hydrogens (primary N) is 2. The van der Waals surface area contributed by atoms with E-state index in [0.29, 0.717) is 28.7 Å². The summed E-state index contributed by atoms with van der Waals surface area (Å²) in [4.78, 5) is 66.0. The van der Waals surface area contributed by atoms with E-state index in [4.69, 9.17) is 16.6 Å². The third-order valence-corrected chi connectivity index (χ3v) is 22.4. The highest BCUT2D eigenvalue weighted by Gasteiger charge is 2.39. The van der Waals surface area contributed by atoms with Crippen LogP contribution in [0.15, 0.2) is 9.98 Å². The standard InChI is InChI=1S/C13H26N2.C13H23NO.2C9H15NO.C9H16O2.C8H16NO.C8H17N.HI/c1-11-3-7-13(2,8-4-11)15-9-5-12(14)6-10-15;1-11-3-7-13(2,8-4-11)14-9-5-12(15)6-10-14;2*1-8-3-5-9(2,6-4-8)10-7-11;1-7-3-5-9(2,6-4-7)8(10)11;1-3-9(2)6-4-8(10)5-7-9;1-7-3-5-8(2,9)6-4-7;/h11-12H,3-10,14H2,1-2H3;11H,3-10H2,1-2H3;2*8H,3-6H2,1-2H3;7H,3-6H2,1-2H3,(H,10,11);3-7H2,1-2H3;7H,3-6,9H2,1-2H3;1H/q;;;;;+1;;/p-1. The number of hydrogen-bond acceptors (Lipinski definition) is 11. The Hall–Kier alpha value is -1.90. The number of Topliss-reactive ketones (excluding diaryl/α,β-unsaturated/α-hetero) is 2. The van der Waals surface area contributed by atoms with Crippen molar-refractivity contribution in [2.45, 2.75) is 316 Å². The zero-order chi connectivity index (χ0) is 61.4. The third kappa shape index (κ3) is 28.4. The molecule has 9 rings (SSSR count). The molecule has 0 atom stereocenters. The molecular weight excluding hydrogens is 1150 g/mol. The Bertz CT molecular complexity index is 1860. The maximum Gasteiger partial charge on any atom is 0.309 e. The van der Waals surface area contributed by atoms with Crippen LogP contribution < -0.4 is 35.4 Å². The number of ketones is 2. The third-order valence-electron chi connectivity index (χ3n) is 22.4. The van der Waals surface area contributed by atoms with E-state index in [9.17, 15) is 24.0 Å². The number of nitrogens with zero attached hydrogens (tertiary/aromatic N) is 5. The van der Waals surface area contributed by atoms with Crippen molar-refractivity contribution in [1.29, 1.82) is 0 Å². The molecule has 0 aromatic carbocycles. The van der Waals surface area contributed by atoms with Gasteiger partial charge in [0.05, 0.1) is 56.0 Å². The molecule has 0 amide bonds. The quantitative estimate of drug-likeness (QED) is 0.0999. The van der Waals surface area contributed by atoms with Crippen LogP contribution in [0.4, 0.5) is 0 Å². The van der Waals surface area contributed by atoms with Crippen LogP contribution in [0, 0.1) is 40.9 Å². The number of halogens is 1. The normalized spacial score (nSPS) is 37.4. The topological polar surface area (TPSA) is 189 Å². The molecule has 0 aromatic rings. The number of aliphatic carboxylic acids is 1. The van der Waals surface area contributed by atoms with Gasteiger partial charge >= 0.3 is 5.97 Å². The fourth-order valence-electron chi connectivity index (χ4n) is 13.7. The average molecular weight is 1280 g/mol. The summed E-state index contributed by atoms with van der Waals surface area (Å²) in [6, 6.07) is 0.465. The lowest BCUT2D eigenvalue weighted by atomic mass is 9.72. The van der Waals surface area contributed by atoms with E-state index in [2.05, 4.69) is 96.1 Å². The molecule has 14 heteroatoms. The van der Waals surface area contributed by atoms with E-state index < -0.39 is 11.4 Å². The van der Waals surface area contributed by atoms with Crippen molar-refractivity contribution in [2.24, 2.45) is 62.4 Å². The number of carbonyl (C=O) groups excluding carboxylic acids is 4. The largest absolute Gasteiger partial charge is 1.00 e. The van der Waals surface area contributed by atoms with E-state index in [-0.39, 0.29) is 40.6 Å². The Morgan fingerprint density at radius 2 is 0.807 bits per heavy atom. The molecule has 3 aliphatic heterocycles. The van der Waals surface area contributed by atoms with Crippen LogP contribution in [0.2, 0.25) is 0 Å². The SMILES string of the molecule is CC1CCC(C)(C(=O)O)CC1.CC1CCC(C)(N)CC1.CC1CCC(C)(N2CCC(=O)CC2)CC1.CC1CCC(C)(N2CCC(N)CC2)CC1.CC1CCC(C)(N=C=O)CC1.CC1CCC(C)(N=C=O)CC1.CC[N+]1(C)CCC(=O)CC1.[I-]. The van der Waals surface area contributed by atoms with E-state index in [0.717, 1.165) is 150 Å². The van der Waals surface area contributed by atoms with Crippen LogP contribution in [0.25, 0.3) is 0 Å². The molecule has 3 saturated heterocycles. The molecular formula is C69H128IN7O6. The summed E-state index contributed by atoms with van der Waals surface area (Å²) in [5.41, 5.74) is 12.4. The highest BCUT2D eigenvalue weighted by molar-refractivity contribution is 5.79. The van der Waals surface area contributed by atoms with Crippen molar-refractivity contribution in [1.82, 2.24) is 9.80 Å². The van der Waals surface area contributed by atoms with Crippen LogP contribution in [0.5, 0.6) is 0 Å². The van der Waals surface area contributed by atoms with Crippen molar-refractivity contribution < 1.29 is 57.5 Å². The van der Waals surface area contributed by atoms with Gasteiger partial charge in [0.1, 0.15) is 11.6 Å². The van der Waals surface area contributed by atoms with Crippen molar-refractivity contribution in [3.8, 4) is 0 Å². The number of piperidine rings is 3. The molecule has 6 saturated carbocycles. The highest BCUT2D eigenvalue weighted by atomic mass is 127. The lowest BCUT2D eigenvalue weighted by Crippen LogP contribution is -3.00. The lowest BCUT2D eigenvalue weighted by Gasteiger charge is -2.48. The van der Waals surface area contributed by atoms with E-state index in [1.54, 1.807) is 12.2 Å². The first-order valence-electron chi connectivity index (χ1n) is 33.7. The number of rotatable bonds is 6. The summed E-state index contributed by atoms with van der Waals surface area (Å²) in [6.07, 6.45) is 37.8. The second-order valence-corrected chi connectivity index (χ2v) is 30.8. The Labute approximate surface area is 525 Å². The van der Waals surface area contributed by atoms with Crippen LogP contribution in [-0.2, 0) is 24.0 Å². The van der Waals surface area contributed by atoms with Gasteiger partial charge in [0.25, 0.3) is 0 Å². The summed E-state index contributed by atoms with van der Waals surface area (Å²) >= 11 is 0. The van der Waals surface area contributed by atoms with Crippen LogP contribution in [-0.4, -0.2) is 136 Å². The van der Waals surface area contributed by atoms with Crippen molar-refractivity contribution >= 4 is 29.7 Å². The van der Waals surface area contributed by atoms with Crippen LogP contribution in [0.1, 0.15) is 283 Å². The van der Waals surface area contributed by atoms with Gasteiger partial charge in [0.2, 0.25) is 12.2 Å². The van der Waals surface area contributed by atoms with E-state index in [1.165, 1.54) is 129 Å². The van der Waals surface area contributed by atoms with Crippen molar-refractivity contribution in [2.75, 3.05) is 52.9 Å². The number of carboxylic acid groups (broad SMARTS) is 1. The number of carboxylic acids is 1. The lowest BCUT2D eigenvalue weighted by molar-refractivity contribution is -0.909. The predicted molar refractivity (Wildman–Crippen MR) is 339 cm³/mol. The maximum absolute atomic E-state index is 11.2. The maximum atomic E-state index is 11.2. The summed E-state index contributed by atoms with van der Waals surface area (Å²) in [7, 11) is 2.23. The number of hydrogen-bond donors (Lipinski definition) is 3.